The second-order valence-corrected chi connectivity index (χ2v) is 7.00. The molecule has 2 saturated heterocycles. The normalized spacial score (nSPS) is 28.7. The molecule has 3 atom stereocenters. The summed E-state index contributed by atoms with van der Waals surface area (Å²) >= 11 is 0. The number of hydrogen-bond donors (Lipinski definition) is 1. The number of amides is 1. The Labute approximate surface area is 138 Å². The molecule has 1 N–H and O–H groups in total. The molecule has 0 radical (unpaired) electrons. The number of hydrogen-bond acceptors (Lipinski definition) is 4. The topological polar surface area (TPSA) is 61.5 Å². The van der Waals surface area contributed by atoms with Crippen LogP contribution in [-0.2, 0) is 9.53 Å². The maximum Gasteiger partial charge on any atom is 0.239 e. The highest BCUT2D eigenvalue weighted by molar-refractivity contribution is 5.81. The van der Waals surface area contributed by atoms with Crippen molar-refractivity contribution in [2.24, 2.45) is 0 Å². The van der Waals surface area contributed by atoms with Crippen LogP contribution in [0.3, 0.4) is 0 Å². The molecule has 23 heavy (non-hydrogen) atoms. The van der Waals surface area contributed by atoms with Crippen LogP contribution in [0.25, 0.3) is 0 Å². The van der Waals surface area contributed by atoms with E-state index in [-0.39, 0.29) is 24.2 Å². The highest BCUT2D eigenvalue weighted by atomic mass is 16.5. The molecule has 2 aliphatic rings. The molecule has 1 aromatic rings. The Morgan fingerprint density at radius 2 is 1.96 bits per heavy atom. The average molecular weight is 320 g/mol. The Bertz CT molecular complexity index is 501. The van der Waals surface area contributed by atoms with Gasteiger partial charge in [-0.2, -0.15) is 5.10 Å². The summed E-state index contributed by atoms with van der Waals surface area (Å²) in [6.45, 7) is 9.46. The molecule has 0 aliphatic carbocycles. The van der Waals surface area contributed by atoms with Crippen LogP contribution in [0.4, 0.5) is 0 Å². The van der Waals surface area contributed by atoms with Crippen LogP contribution in [0.2, 0.25) is 0 Å². The van der Waals surface area contributed by atoms with Gasteiger partial charge in [0.1, 0.15) is 0 Å². The summed E-state index contributed by atoms with van der Waals surface area (Å²) in [6, 6.07) is 2.01. The molecule has 3 heterocycles. The fourth-order valence-corrected chi connectivity index (χ4v) is 3.87. The van der Waals surface area contributed by atoms with E-state index in [9.17, 15) is 4.79 Å². The zero-order valence-electron chi connectivity index (χ0n) is 14.4. The molecule has 6 nitrogen and oxygen atoms in total. The number of aromatic nitrogens is 2. The molecule has 1 amide bonds. The summed E-state index contributed by atoms with van der Waals surface area (Å²) in [7, 11) is 0. The molecule has 0 aromatic carbocycles. The molecule has 128 valence electrons. The minimum absolute atomic E-state index is 0.0461. The van der Waals surface area contributed by atoms with E-state index in [4.69, 9.17) is 4.74 Å². The second kappa shape index (κ2) is 7.01. The van der Waals surface area contributed by atoms with Gasteiger partial charge in [0.05, 0.1) is 18.2 Å². The van der Waals surface area contributed by atoms with Crippen molar-refractivity contribution < 1.29 is 9.53 Å². The fourth-order valence-electron chi connectivity index (χ4n) is 3.87. The monoisotopic (exact) mass is 320 g/mol. The van der Waals surface area contributed by atoms with Gasteiger partial charge in [0.25, 0.3) is 0 Å². The van der Waals surface area contributed by atoms with Gasteiger partial charge in [-0.1, -0.05) is 0 Å². The maximum atomic E-state index is 12.8. The lowest BCUT2D eigenvalue weighted by atomic mass is 9.93. The summed E-state index contributed by atoms with van der Waals surface area (Å²) in [6.07, 6.45) is 4.22. The number of morpholine rings is 1. The third kappa shape index (κ3) is 3.75. The van der Waals surface area contributed by atoms with Gasteiger partial charge >= 0.3 is 0 Å². The lowest BCUT2D eigenvalue weighted by Crippen LogP contribution is -2.55. The minimum Gasteiger partial charge on any atom is -0.372 e. The van der Waals surface area contributed by atoms with Gasteiger partial charge in [0.15, 0.2) is 0 Å². The molecule has 2 aliphatic heterocycles. The predicted molar refractivity (Wildman–Crippen MR) is 88.2 cm³/mol. The summed E-state index contributed by atoms with van der Waals surface area (Å²) in [5, 5.41) is 7.12. The number of carbonyl (C=O) groups is 1. The molecule has 6 heteroatoms. The maximum absolute atomic E-state index is 12.8. The number of aromatic amines is 1. The van der Waals surface area contributed by atoms with Crippen molar-refractivity contribution in [2.45, 2.75) is 57.8 Å². The van der Waals surface area contributed by atoms with Crippen LogP contribution in [0.1, 0.15) is 45.2 Å². The molecule has 0 bridgehead atoms. The van der Waals surface area contributed by atoms with Gasteiger partial charge in [-0.25, -0.2) is 0 Å². The number of H-pyrrole nitrogens is 1. The van der Waals surface area contributed by atoms with Crippen molar-refractivity contribution in [2.75, 3.05) is 26.2 Å². The Hall–Kier alpha value is -1.40. The zero-order chi connectivity index (χ0) is 16.4. The van der Waals surface area contributed by atoms with Crippen LogP contribution in [0.5, 0.6) is 0 Å². The predicted octanol–water partition coefficient (Wildman–Crippen LogP) is 1.61. The summed E-state index contributed by atoms with van der Waals surface area (Å²) in [5.41, 5.74) is 1.22. The molecule has 1 aromatic heterocycles. The van der Waals surface area contributed by atoms with Gasteiger partial charge in [0, 0.05) is 30.9 Å². The van der Waals surface area contributed by atoms with Crippen LogP contribution < -0.4 is 0 Å². The Kier molecular flexibility index (Phi) is 5.02. The highest BCUT2D eigenvalue weighted by Crippen LogP contribution is 2.27. The van der Waals surface area contributed by atoms with Gasteiger partial charge in [0.2, 0.25) is 5.91 Å². The van der Waals surface area contributed by atoms with Crippen molar-refractivity contribution in [3.63, 3.8) is 0 Å². The quantitative estimate of drug-likeness (QED) is 0.919. The van der Waals surface area contributed by atoms with Gasteiger partial charge < -0.3 is 9.64 Å². The molecule has 0 unspecified atom stereocenters. The van der Waals surface area contributed by atoms with Gasteiger partial charge in [-0.3, -0.25) is 14.8 Å². The molecular formula is C17H28N4O2. The third-order valence-electron chi connectivity index (χ3n) is 5.13. The number of rotatable bonds is 3. The van der Waals surface area contributed by atoms with Crippen LogP contribution in [0.15, 0.2) is 12.3 Å². The van der Waals surface area contributed by atoms with Crippen LogP contribution in [0, 0.1) is 0 Å². The SMILES string of the molecule is C[C@@H]1CN(C(=O)[C@H](C)N2CCC(c3ccn[nH]3)CC2)C[C@H](C)O1. The van der Waals surface area contributed by atoms with Crippen molar-refractivity contribution in [1.29, 1.82) is 0 Å². The number of nitrogens with zero attached hydrogens (tertiary/aromatic N) is 3. The van der Waals surface area contributed by atoms with Crippen LogP contribution >= 0.6 is 0 Å². The average Bonchev–Trinajstić information content (AvgIpc) is 3.07. The van der Waals surface area contributed by atoms with E-state index in [0.717, 1.165) is 25.9 Å². The van der Waals surface area contributed by atoms with Gasteiger partial charge in [-0.05, 0) is 52.8 Å². The largest absolute Gasteiger partial charge is 0.372 e. The third-order valence-corrected chi connectivity index (χ3v) is 5.13. The first kappa shape index (κ1) is 16.5. The van der Waals surface area contributed by atoms with Crippen molar-refractivity contribution in [1.82, 2.24) is 20.0 Å². The number of carbonyl (C=O) groups excluding carboxylic acids is 1. The first-order chi connectivity index (χ1) is 11.0. The van der Waals surface area contributed by atoms with E-state index in [1.807, 2.05) is 31.9 Å². The fraction of sp³-hybridized carbons (Fsp3) is 0.765. The van der Waals surface area contributed by atoms with E-state index in [1.54, 1.807) is 0 Å². The van der Waals surface area contributed by atoms with Crippen molar-refractivity contribution >= 4 is 5.91 Å². The van der Waals surface area contributed by atoms with E-state index in [0.29, 0.717) is 19.0 Å². The smallest absolute Gasteiger partial charge is 0.239 e. The highest BCUT2D eigenvalue weighted by Gasteiger charge is 2.33. The molecule has 3 rings (SSSR count). The van der Waals surface area contributed by atoms with E-state index in [1.165, 1.54) is 5.69 Å². The Balaban J connectivity index is 1.54. The number of piperidine rings is 1. The summed E-state index contributed by atoms with van der Waals surface area (Å²) in [4.78, 5) is 17.1. The van der Waals surface area contributed by atoms with Crippen molar-refractivity contribution in [3.8, 4) is 0 Å². The van der Waals surface area contributed by atoms with Crippen LogP contribution in [-0.4, -0.2) is 70.3 Å². The van der Waals surface area contributed by atoms with E-state index >= 15 is 0 Å². The number of ether oxygens (including phenoxy) is 1. The van der Waals surface area contributed by atoms with E-state index < -0.39 is 0 Å². The Morgan fingerprint density at radius 1 is 1.30 bits per heavy atom. The van der Waals surface area contributed by atoms with E-state index in [2.05, 4.69) is 21.2 Å². The Morgan fingerprint density at radius 3 is 2.52 bits per heavy atom. The first-order valence-corrected chi connectivity index (χ1v) is 8.72. The summed E-state index contributed by atoms with van der Waals surface area (Å²) in [5.74, 6) is 0.784. The molecule has 0 spiro atoms. The second-order valence-electron chi connectivity index (χ2n) is 7.00. The van der Waals surface area contributed by atoms with Gasteiger partial charge in [-0.15, -0.1) is 0 Å². The minimum atomic E-state index is -0.0461. The summed E-state index contributed by atoms with van der Waals surface area (Å²) < 4.78 is 5.73. The lowest BCUT2D eigenvalue weighted by Gasteiger charge is -2.40. The first-order valence-electron chi connectivity index (χ1n) is 8.72. The number of likely N-dealkylation sites (tertiary alicyclic amines) is 1. The number of nitrogens with one attached hydrogen (secondary N) is 1. The molecule has 2 fully saturated rings. The van der Waals surface area contributed by atoms with Crippen molar-refractivity contribution in [3.05, 3.63) is 18.0 Å². The standard InChI is InChI=1S/C17H28N4O2/c1-12-10-21(11-13(2)23-12)17(22)14(3)20-8-5-15(6-9-20)16-4-7-18-19-16/h4,7,12-15H,5-6,8-11H2,1-3H3,(H,18,19)/t12-,13+,14-/m0/s1. The molecule has 0 saturated carbocycles. The lowest BCUT2D eigenvalue weighted by molar-refractivity contribution is -0.148. The zero-order valence-corrected chi connectivity index (χ0v) is 14.4. The molecular weight excluding hydrogens is 292 g/mol.